The molecular weight excluding hydrogens is 264 g/mol. The van der Waals surface area contributed by atoms with Crippen LogP contribution in [0.25, 0.3) is 0 Å². The van der Waals surface area contributed by atoms with E-state index in [0.29, 0.717) is 25.6 Å². The van der Waals surface area contributed by atoms with Crippen molar-refractivity contribution in [3.63, 3.8) is 0 Å². The maximum Gasteiger partial charge on any atom is 0.279 e. The van der Waals surface area contributed by atoms with E-state index in [4.69, 9.17) is 0 Å². The first-order chi connectivity index (χ1) is 8.97. The molecule has 0 spiro atoms. The summed E-state index contributed by atoms with van der Waals surface area (Å²) in [7, 11) is -3.36. The van der Waals surface area contributed by atoms with Crippen LogP contribution >= 0.6 is 0 Å². The second-order valence-corrected chi connectivity index (χ2v) is 7.07. The lowest BCUT2D eigenvalue weighted by Crippen LogP contribution is -2.48. The van der Waals surface area contributed by atoms with Gasteiger partial charge in [-0.25, -0.2) is 4.98 Å². The zero-order valence-corrected chi connectivity index (χ0v) is 12.3. The number of nitrogens with one attached hydrogen (secondary N) is 1. The monoisotopic (exact) mass is 286 g/mol. The summed E-state index contributed by atoms with van der Waals surface area (Å²) >= 11 is 0. The molecule has 0 bridgehead atoms. The van der Waals surface area contributed by atoms with Gasteiger partial charge in [0.25, 0.3) is 10.2 Å². The molecule has 0 radical (unpaired) electrons. The van der Waals surface area contributed by atoms with E-state index in [1.54, 1.807) is 16.8 Å². The Morgan fingerprint density at radius 2 is 2.11 bits per heavy atom. The van der Waals surface area contributed by atoms with Crippen molar-refractivity contribution in [1.82, 2.24) is 18.6 Å². The number of hydrogen-bond acceptors (Lipinski definition) is 3. The van der Waals surface area contributed by atoms with Gasteiger partial charge >= 0.3 is 0 Å². The highest BCUT2D eigenvalue weighted by molar-refractivity contribution is 7.87. The van der Waals surface area contributed by atoms with E-state index in [0.717, 1.165) is 12.8 Å². The maximum absolute atomic E-state index is 12.2. The molecule has 0 aliphatic carbocycles. The van der Waals surface area contributed by atoms with Gasteiger partial charge in [0, 0.05) is 38.1 Å². The van der Waals surface area contributed by atoms with E-state index >= 15 is 0 Å². The Morgan fingerprint density at radius 3 is 2.68 bits per heavy atom. The van der Waals surface area contributed by atoms with Crippen LogP contribution in [-0.4, -0.2) is 41.4 Å². The topological polar surface area (TPSA) is 67.2 Å². The molecule has 1 aromatic rings. The van der Waals surface area contributed by atoms with Crippen LogP contribution in [0.1, 0.15) is 26.7 Å². The van der Waals surface area contributed by atoms with Crippen LogP contribution in [-0.2, 0) is 16.8 Å². The third kappa shape index (κ3) is 4.02. The fourth-order valence-electron chi connectivity index (χ4n) is 2.30. The second kappa shape index (κ2) is 6.02. The van der Waals surface area contributed by atoms with Crippen LogP contribution in [0.2, 0.25) is 0 Å². The fraction of sp³-hybridized carbons (Fsp3) is 0.750. The molecule has 2 heterocycles. The van der Waals surface area contributed by atoms with E-state index in [1.807, 2.05) is 17.7 Å². The fourth-order valence-corrected chi connectivity index (χ4v) is 3.73. The molecule has 6 nitrogen and oxygen atoms in total. The van der Waals surface area contributed by atoms with Crippen molar-refractivity contribution in [3.8, 4) is 0 Å². The third-order valence-electron chi connectivity index (χ3n) is 3.48. The van der Waals surface area contributed by atoms with Gasteiger partial charge in [0.1, 0.15) is 0 Å². The average molecular weight is 286 g/mol. The van der Waals surface area contributed by atoms with Crippen LogP contribution < -0.4 is 4.72 Å². The molecule has 0 saturated carbocycles. The zero-order chi connectivity index (χ0) is 13.9. The van der Waals surface area contributed by atoms with Gasteiger partial charge in [0.15, 0.2) is 0 Å². The zero-order valence-electron chi connectivity index (χ0n) is 11.5. The summed E-state index contributed by atoms with van der Waals surface area (Å²) in [6.45, 7) is 5.86. The number of aromatic nitrogens is 2. The molecule has 1 saturated heterocycles. The number of nitrogens with zero attached hydrogens (tertiary/aromatic N) is 3. The summed E-state index contributed by atoms with van der Waals surface area (Å²) in [6.07, 6.45) is 7.08. The molecule has 1 fully saturated rings. The largest absolute Gasteiger partial charge is 0.336 e. The van der Waals surface area contributed by atoms with Gasteiger partial charge in [-0.2, -0.15) is 17.4 Å². The lowest BCUT2D eigenvalue weighted by Gasteiger charge is -2.30. The molecule has 2 rings (SSSR count). The lowest BCUT2D eigenvalue weighted by molar-refractivity contribution is 0.283. The van der Waals surface area contributed by atoms with Crippen LogP contribution in [0.3, 0.4) is 0 Å². The predicted molar refractivity (Wildman–Crippen MR) is 73.7 cm³/mol. The molecule has 0 aromatic carbocycles. The van der Waals surface area contributed by atoms with E-state index in [1.165, 1.54) is 0 Å². The van der Waals surface area contributed by atoms with Crippen molar-refractivity contribution < 1.29 is 8.42 Å². The third-order valence-corrected chi connectivity index (χ3v) is 5.22. The van der Waals surface area contributed by atoms with Gasteiger partial charge in [-0.15, -0.1) is 0 Å². The van der Waals surface area contributed by atoms with E-state index in [9.17, 15) is 8.42 Å². The minimum atomic E-state index is -3.36. The van der Waals surface area contributed by atoms with Crippen LogP contribution in [0.5, 0.6) is 0 Å². The predicted octanol–water partition coefficient (Wildman–Crippen LogP) is 0.838. The summed E-state index contributed by atoms with van der Waals surface area (Å²) in [4.78, 5) is 3.95. The highest BCUT2D eigenvalue weighted by Gasteiger charge is 2.27. The molecule has 1 unspecified atom stereocenters. The van der Waals surface area contributed by atoms with Crippen molar-refractivity contribution in [2.24, 2.45) is 5.92 Å². The molecule has 0 amide bonds. The molecule has 1 aliphatic rings. The summed E-state index contributed by atoms with van der Waals surface area (Å²) in [5.41, 5.74) is 0. The first-order valence-electron chi connectivity index (χ1n) is 6.70. The van der Waals surface area contributed by atoms with Crippen molar-refractivity contribution >= 4 is 10.2 Å². The van der Waals surface area contributed by atoms with Crippen molar-refractivity contribution in [2.75, 3.05) is 13.1 Å². The molecule has 7 heteroatoms. The average Bonchev–Trinajstić information content (AvgIpc) is 2.81. The number of imidazole rings is 1. The Labute approximate surface area is 115 Å². The van der Waals surface area contributed by atoms with Crippen LogP contribution in [0.4, 0.5) is 0 Å². The summed E-state index contributed by atoms with van der Waals surface area (Å²) in [5.74, 6) is 0.620. The first kappa shape index (κ1) is 14.5. The molecule has 1 N–H and O–H groups in total. The molecule has 1 aromatic heterocycles. The van der Waals surface area contributed by atoms with Crippen LogP contribution in [0.15, 0.2) is 18.7 Å². The molecule has 1 atom stereocenters. The Bertz CT molecular complexity index is 478. The van der Waals surface area contributed by atoms with Crippen molar-refractivity contribution in [1.29, 1.82) is 0 Å². The molecular formula is C12H22N4O2S. The van der Waals surface area contributed by atoms with Gasteiger partial charge in [-0.3, -0.25) is 0 Å². The number of rotatable bonds is 5. The number of hydrogen-bond donors (Lipinski definition) is 1. The Morgan fingerprint density at radius 1 is 1.42 bits per heavy atom. The normalized spacial score (nSPS) is 20.5. The smallest absolute Gasteiger partial charge is 0.279 e. The first-order valence-corrected chi connectivity index (χ1v) is 8.14. The lowest BCUT2D eigenvalue weighted by atomic mass is 10.0. The SMILES string of the molecule is CC1CCN(S(=O)(=O)NC(C)Cn2ccnc2)CC1. The Hall–Kier alpha value is -0.920. The maximum atomic E-state index is 12.2. The van der Waals surface area contributed by atoms with E-state index < -0.39 is 10.2 Å². The Kier molecular flexibility index (Phi) is 4.59. The molecule has 108 valence electrons. The minimum Gasteiger partial charge on any atom is -0.336 e. The van der Waals surface area contributed by atoms with Gasteiger partial charge in [-0.1, -0.05) is 6.92 Å². The molecule has 19 heavy (non-hydrogen) atoms. The highest BCUT2D eigenvalue weighted by Crippen LogP contribution is 2.18. The molecule has 1 aliphatic heterocycles. The minimum absolute atomic E-state index is 0.154. The second-order valence-electron chi connectivity index (χ2n) is 5.36. The quantitative estimate of drug-likeness (QED) is 0.872. The highest BCUT2D eigenvalue weighted by atomic mass is 32.2. The van der Waals surface area contributed by atoms with Gasteiger partial charge in [-0.05, 0) is 25.7 Å². The number of piperidine rings is 1. The van der Waals surface area contributed by atoms with Crippen molar-refractivity contribution in [3.05, 3.63) is 18.7 Å². The van der Waals surface area contributed by atoms with Gasteiger partial charge in [0.05, 0.1) is 6.33 Å². The van der Waals surface area contributed by atoms with Gasteiger partial charge < -0.3 is 4.57 Å². The van der Waals surface area contributed by atoms with Crippen LogP contribution in [0, 0.1) is 5.92 Å². The van der Waals surface area contributed by atoms with Crippen molar-refractivity contribution in [2.45, 2.75) is 39.3 Å². The Balaban J connectivity index is 1.89. The summed E-state index contributed by atoms with van der Waals surface area (Å²) < 4.78 is 30.6. The van der Waals surface area contributed by atoms with Gasteiger partial charge in [0.2, 0.25) is 0 Å². The summed E-state index contributed by atoms with van der Waals surface area (Å²) in [6, 6.07) is -0.154. The summed E-state index contributed by atoms with van der Waals surface area (Å²) in [5, 5.41) is 0. The van der Waals surface area contributed by atoms with E-state index in [2.05, 4.69) is 16.6 Å². The van der Waals surface area contributed by atoms with E-state index in [-0.39, 0.29) is 6.04 Å². The standard InChI is InChI=1S/C12H22N4O2S/c1-11-3-6-16(7-4-11)19(17,18)14-12(2)9-15-8-5-13-10-15/h5,8,10-12,14H,3-4,6-7,9H2,1-2H3.